The van der Waals surface area contributed by atoms with Crippen molar-refractivity contribution in [3.63, 3.8) is 0 Å². The van der Waals surface area contributed by atoms with Crippen LogP contribution in [0.4, 0.5) is 0 Å². The van der Waals surface area contributed by atoms with Gasteiger partial charge in [0.15, 0.2) is 0 Å². The van der Waals surface area contributed by atoms with Gasteiger partial charge in [-0.2, -0.15) is 0 Å². The van der Waals surface area contributed by atoms with Crippen molar-refractivity contribution in [1.29, 1.82) is 0 Å². The van der Waals surface area contributed by atoms with E-state index in [1.807, 2.05) is 11.3 Å². The zero-order valence-corrected chi connectivity index (χ0v) is 12.5. The van der Waals surface area contributed by atoms with Crippen molar-refractivity contribution in [3.8, 4) is 0 Å². The molecule has 0 aliphatic carbocycles. The molecule has 18 heavy (non-hydrogen) atoms. The summed E-state index contributed by atoms with van der Waals surface area (Å²) in [5.41, 5.74) is 0. The average molecular weight is 266 g/mol. The van der Waals surface area contributed by atoms with E-state index in [1.165, 1.54) is 50.2 Å². The highest BCUT2D eigenvalue weighted by Crippen LogP contribution is 2.18. The van der Waals surface area contributed by atoms with E-state index in [9.17, 15) is 0 Å². The van der Waals surface area contributed by atoms with Gasteiger partial charge in [0.1, 0.15) is 0 Å². The van der Waals surface area contributed by atoms with Crippen LogP contribution in [-0.4, -0.2) is 37.6 Å². The topological polar surface area (TPSA) is 15.3 Å². The first-order valence-electron chi connectivity index (χ1n) is 7.19. The zero-order valence-electron chi connectivity index (χ0n) is 11.7. The van der Waals surface area contributed by atoms with Crippen LogP contribution in [0.5, 0.6) is 0 Å². The highest BCUT2D eigenvalue weighted by atomic mass is 32.1. The number of hydrogen-bond acceptors (Lipinski definition) is 3. The Bertz CT molecular complexity index is 317. The second-order valence-corrected chi connectivity index (χ2v) is 6.63. The van der Waals surface area contributed by atoms with E-state index >= 15 is 0 Å². The summed E-state index contributed by atoms with van der Waals surface area (Å²) in [4.78, 5) is 4.04. The smallest absolute Gasteiger partial charge is 0.0112 e. The highest BCUT2D eigenvalue weighted by Gasteiger charge is 2.16. The molecule has 1 aliphatic heterocycles. The summed E-state index contributed by atoms with van der Waals surface area (Å²) >= 11 is 1.88. The van der Waals surface area contributed by atoms with E-state index in [1.54, 1.807) is 0 Å². The van der Waals surface area contributed by atoms with E-state index in [0.717, 1.165) is 5.92 Å². The zero-order chi connectivity index (χ0) is 12.8. The Hall–Kier alpha value is -0.380. The third-order valence-electron chi connectivity index (χ3n) is 4.18. The summed E-state index contributed by atoms with van der Waals surface area (Å²) in [6, 6.07) is 5.06. The van der Waals surface area contributed by atoms with Crippen LogP contribution in [0.2, 0.25) is 0 Å². The van der Waals surface area contributed by atoms with E-state index in [2.05, 4.69) is 41.7 Å². The number of nitrogens with zero attached hydrogens (tertiary/aromatic N) is 1. The third-order valence-corrected chi connectivity index (χ3v) is 5.08. The predicted molar refractivity (Wildman–Crippen MR) is 80.3 cm³/mol. The van der Waals surface area contributed by atoms with E-state index < -0.39 is 0 Å². The van der Waals surface area contributed by atoms with Gasteiger partial charge in [0.2, 0.25) is 0 Å². The Morgan fingerprint density at radius 1 is 1.44 bits per heavy atom. The summed E-state index contributed by atoms with van der Waals surface area (Å²) in [6.07, 6.45) is 5.30. The fourth-order valence-electron chi connectivity index (χ4n) is 2.65. The van der Waals surface area contributed by atoms with Crippen LogP contribution in [0, 0.1) is 5.92 Å². The second kappa shape index (κ2) is 7.27. The number of thiophene rings is 1. The maximum absolute atomic E-state index is 3.44. The van der Waals surface area contributed by atoms with Gasteiger partial charge in [0.25, 0.3) is 0 Å². The quantitative estimate of drug-likeness (QED) is 0.851. The average Bonchev–Trinajstić information content (AvgIpc) is 2.90. The van der Waals surface area contributed by atoms with Crippen LogP contribution < -0.4 is 5.32 Å². The molecule has 0 aromatic carbocycles. The molecule has 1 fully saturated rings. The van der Waals surface area contributed by atoms with Crippen molar-refractivity contribution in [3.05, 3.63) is 22.4 Å². The van der Waals surface area contributed by atoms with Crippen LogP contribution in [0.3, 0.4) is 0 Å². The van der Waals surface area contributed by atoms with E-state index in [0.29, 0.717) is 6.04 Å². The van der Waals surface area contributed by atoms with Crippen molar-refractivity contribution in [2.75, 3.05) is 26.7 Å². The van der Waals surface area contributed by atoms with Gasteiger partial charge in [-0.05, 0) is 76.7 Å². The minimum absolute atomic E-state index is 0.658. The number of piperidine rings is 1. The second-order valence-electron chi connectivity index (χ2n) is 5.60. The summed E-state index contributed by atoms with van der Waals surface area (Å²) in [6.45, 7) is 6.04. The lowest BCUT2D eigenvalue weighted by Gasteiger charge is -2.28. The van der Waals surface area contributed by atoms with Crippen LogP contribution in [0.25, 0.3) is 0 Å². The normalized spacial score (nSPS) is 19.3. The molecule has 1 unspecified atom stereocenters. The molecular weight excluding hydrogens is 240 g/mol. The molecule has 1 saturated heterocycles. The molecule has 0 bridgehead atoms. The Morgan fingerprint density at radius 2 is 2.22 bits per heavy atom. The molecule has 0 amide bonds. The molecule has 2 rings (SSSR count). The minimum atomic E-state index is 0.658. The predicted octanol–water partition coefficient (Wildman–Crippen LogP) is 3.00. The first-order valence-corrected chi connectivity index (χ1v) is 8.07. The Kier molecular flexibility index (Phi) is 5.67. The summed E-state index contributed by atoms with van der Waals surface area (Å²) in [5, 5.41) is 5.62. The van der Waals surface area contributed by atoms with Gasteiger partial charge in [-0.3, -0.25) is 0 Å². The van der Waals surface area contributed by atoms with Gasteiger partial charge in [0, 0.05) is 10.9 Å². The Balaban J connectivity index is 1.68. The van der Waals surface area contributed by atoms with Crippen molar-refractivity contribution in [2.24, 2.45) is 5.92 Å². The number of hydrogen-bond donors (Lipinski definition) is 1. The molecule has 2 nitrogen and oxygen atoms in total. The maximum atomic E-state index is 3.44. The summed E-state index contributed by atoms with van der Waals surface area (Å²) < 4.78 is 0. The maximum Gasteiger partial charge on any atom is 0.0112 e. The molecule has 3 heteroatoms. The highest BCUT2D eigenvalue weighted by molar-refractivity contribution is 7.09. The molecule has 1 N–H and O–H groups in total. The molecule has 1 atom stereocenters. The number of likely N-dealkylation sites (N-methyl/N-ethyl adjacent to an activating group) is 1. The fraction of sp³-hybridized carbons (Fsp3) is 0.733. The van der Waals surface area contributed by atoms with Gasteiger partial charge < -0.3 is 10.2 Å². The first kappa shape index (κ1) is 14.0. The lowest BCUT2D eigenvalue weighted by atomic mass is 9.94. The van der Waals surface area contributed by atoms with Gasteiger partial charge in [0.05, 0.1) is 0 Å². The van der Waals surface area contributed by atoms with E-state index in [-0.39, 0.29) is 0 Å². The Morgan fingerprint density at radius 3 is 2.89 bits per heavy atom. The van der Waals surface area contributed by atoms with E-state index in [4.69, 9.17) is 0 Å². The van der Waals surface area contributed by atoms with Crippen LogP contribution >= 0.6 is 11.3 Å². The molecule has 0 saturated carbocycles. The lowest BCUT2D eigenvalue weighted by Crippen LogP contribution is -2.34. The molecule has 0 radical (unpaired) electrons. The van der Waals surface area contributed by atoms with Gasteiger partial charge >= 0.3 is 0 Å². The molecule has 0 spiro atoms. The van der Waals surface area contributed by atoms with Crippen molar-refractivity contribution >= 4 is 11.3 Å². The summed E-state index contributed by atoms with van der Waals surface area (Å²) in [7, 11) is 2.28. The van der Waals surface area contributed by atoms with Crippen LogP contribution in [0.15, 0.2) is 17.5 Å². The SMILES string of the molecule is CC(Cc1cccs1)N(C)CCC1CCNCC1. The number of rotatable bonds is 6. The third kappa shape index (κ3) is 4.38. The molecule has 1 aromatic rings. The summed E-state index contributed by atoms with van der Waals surface area (Å²) in [5.74, 6) is 0.947. The number of nitrogens with one attached hydrogen (secondary N) is 1. The standard InChI is InChI=1S/C15H26N2S/c1-13(12-15-4-3-11-18-15)17(2)10-7-14-5-8-16-9-6-14/h3-4,11,13-14,16H,5-10,12H2,1-2H3. The monoisotopic (exact) mass is 266 g/mol. The fourth-order valence-corrected chi connectivity index (χ4v) is 3.48. The minimum Gasteiger partial charge on any atom is -0.317 e. The molecule has 1 aromatic heterocycles. The molecule has 2 heterocycles. The van der Waals surface area contributed by atoms with Crippen LogP contribution in [0.1, 0.15) is 31.1 Å². The van der Waals surface area contributed by atoms with Crippen molar-refractivity contribution in [2.45, 2.75) is 38.6 Å². The van der Waals surface area contributed by atoms with Gasteiger partial charge in [-0.25, -0.2) is 0 Å². The Labute approximate surface area is 115 Å². The van der Waals surface area contributed by atoms with Gasteiger partial charge in [-0.15, -0.1) is 11.3 Å². The van der Waals surface area contributed by atoms with Gasteiger partial charge in [-0.1, -0.05) is 6.07 Å². The molecule has 102 valence electrons. The first-order chi connectivity index (χ1) is 8.75. The lowest BCUT2D eigenvalue weighted by molar-refractivity contribution is 0.223. The van der Waals surface area contributed by atoms with Crippen molar-refractivity contribution < 1.29 is 0 Å². The van der Waals surface area contributed by atoms with Crippen molar-refractivity contribution in [1.82, 2.24) is 10.2 Å². The largest absolute Gasteiger partial charge is 0.317 e. The molecule has 1 aliphatic rings. The van der Waals surface area contributed by atoms with Crippen LogP contribution in [-0.2, 0) is 6.42 Å². The molecular formula is C15H26N2S.